The number of amides is 5. The number of carbonyl (C=O) groups excluding carboxylic acids is 5. The number of aromatic nitrogens is 3. The van der Waals surface area contributed by atoms with Crippen molar-refractivity contribution in [2.45, 2.75) is 104 Å². The van der Waals surface area contributed by atoms with Gasteiger partial charge in [0.2, 0.25) is 23.6 Å². The number of halogens is 1. The van der Waals surface area contributed by atoms with Crippen molar-refractivity contribution in [2.24, 2.45) is 11.1 Å². The molecule has 1 fully saturated rings. The summed E-state index contributed by atoms with van der Waals surface area (Å²) in [6, 6.07) is 9.37. The molecule has 5 amide bonds. The number of nitrogens with zero attached hydrogens (tertiary/aromatic N) is 6. The number of hydrogen-bond acceptors (Lipinski definition) is 15. The normalized spacial score (nSPS) is 17.0. The van der Waals surface area contributed by atoms with Gasteiger partial charge in [-0.1, -0.05) is 26.8 Å². The van der Waals surface area contributed by atoms with Crippen LogP contribution in [0.25, 0.3) is 11.1 Å². The summed E-state index contributed by atoms with van der Waals surface area (Å²) in [5.74, 6) is -1.18. The number of anilines is 2. The minimum absolute atomic E-state index is 0.132. The van der Waals surface area contributed by atoms with Gasteiger partial charge in [-0.2, -0.15) is 5.10 Å². The van der Waals surface area contributed by atoms with Gasteiger partial charge in [-0.3, -0.25) is 28.7 Å². The van der Waals surface area contributed by atoms with Crippen molar-refractivity contribution in [1.82, 2.24) is 40.5 Å². The zero-order valence-electron chi connectivity index (χ0n) is 45.5. The first-order valence-corrected chi connectivity index (χ1v) is 26.4. The van der Waals surface area contributed by atoms with Gasteiger partial charge in [0, 0.05) is 68.1 Å². The Bertz CT molecular complexity index is 2730. The number of pyridine rings is 1. The van der Waals surface area contributed by atoms with Crippen LogP contribution in [0, 0.1) is 18.2 Å². The number of likely N-dealkylation sites (N-methyl/N-ethyl adjacent to an activating group) is 1. The number of benzene rings is 2. The molecular weight excluding hydrogens is 994 g/mol. The molecule has 0 radical (unpaired) electrons. The van der Waals surface area contributed by atoms with Crippen molar-refractivity contribution >= 4 is 41.0 Å². The van der Waals surface area contributed by atoms with E-state index in [2.05, 4.69) is 25.8 Å². The van der Waals surface area contributed by atoms with Gasteiger partial charge in [0.05, 0.1) is 89.4 Å². The lowest BCUT2D eigenvalue weighted by molar-refractivity contribution is -0.146. The molecule has 2 aromatic carbocycles. The predicted molar refractivity (Wildman–Crippen MR) is 286 cm³/mol. The molecule has 7 rings (SSSR count). The molecule has 0 unspecified atom stereocenters. The second-order valence-electron chi connectivity index (χ2n) is 20.7. The van der Waals surface area contributed by atoms with Crippen LogP contribution in [-0.4, -0.2) is 159 Å². The van der Waals surface area contributed by atoms with Crippen molar-refractivity contribution in [3.8, 4) is 16.9 Å². The molecule has 2 aromatic heterocycles. The molecule has 3 aliphatic heterocycles. The highest BCUT2D eigenvalue weighted by molar-refractivity contribution is 5.96. The molecule has 77 heavy (non-hydrogen) atoms. The van der Waals surface area contributed by atoms with Crippen LogP contribution in [0.1, 0.15) is 91.4 Å². The number of fused-ring (bicyclic) bond motifs is 9. The van der Waals surface area contributed by atoms with Gasteiger partial charge in [0.1, 0.15) is 36.1 Å². The third-order valence-electron chi connectivity index (χ3n) is 14.2. The van der Waals surface area contributed by atoms with Crippen LogP contribution in [0.15, 0.2) is 48.7 Å². The molecule has 418 valence electrons. The molecule has 0 spiro atoms. The van der Waals surface area contributed by atoms with E-state index in [4.69, 9.17) is 40.3 Å². The average Bonchev–Trinajstić information content (AvgIpc) is 4.06. The SMILES string of the molecule is CN[C@@H](C)C(=O)N[C@H](C(=O)N1Cc2cc(OCCOCCOCCOCCOCCC(=O)NCCn3nc4c(c3C)-c3cnc(N)c(c3)N3CCC[C@@H]3c3cc(F)ccc3C(=O)N(C)C4)ccc2C[C@H]1C(N)=O)C(C)(C)C. The quantitative estimate of drug-likeness (QED) is 0.0630. The van der Waals surface area contributed by atoms with Gasteiger partial charge in [0.25, 0.3) is 5.91 Å². The Morgan fingerprint density at radius 1 is 0.909 bits per heavy atom. The summed E-state index contributed by atoms with van der Waals surface area (Å²) in [4.78, 5) is 75.9. The van der Waals surface area contributed by atoms with E-state index in [0.29, 0.717) is 94.3 Å². The highest BCUT2D eigenvalue weighted by Gasteiger charge is 2.42. The smallest absolute Gasteiger partial charge is 0.254 e. The van der Waals surface area contributed by atoms with E-state index in [9.17, 15) is 28.4 Å². The second kappa shape index (κ2) is 26.6. The lowest BCUT2D eigenvalue weighted by Gasteiger charge is -2.40. The Balaban J connectivity index is 0.759. The lowest BCUT2D eigenvalue weighted by Crippen LogP contribution is -2.61. The van der Waals surface area contributed by atoms with Crippen LogP contribution in [0.5, 0.6) is 5.75 Å². The van der Waals surface area contributed by atoms with Crippen LogP contribution in [0.3, 0.4) is 0 Å². The van der Waals surface area contributed by atoms with Crippen molar-refractivity contribution < 1.29 is 52.0 Å². The highest BCUT2D eigenvalue weighted by atomic mass is 19.1. The third-order valence-corrected chi connectivity index (χ3v) is 14.2. The second-order valence-corrected chi connectivity index (χ2v) is 20.7. The van der Waals surface area contributed by atoms with E-state index in [0.717, 1.165) is 46.5 Å². The summed E-state index contributed by atoms with van der Waals surface area (Å²) in [6.45, 7) is 13.9. The first-order valence-electron chi connectivity index (χ1n) is 26.4. The van der Waals surface area contributed by atoms with Gasteiger partial charge < -0.3 is 65.8 Å². The van der Waals surface area contributed by atoms with Crippen LogP contribution >= 0.6 is 0 Å². The monoisotopic (exact) mass is 1070 g/mol. The molecular formula is C55H76FN11O10. The van der Waals surface area contributed by atoms with E-state index in [-0.39, 0.29) is 68.8 Å². The maximum atomic E-state index is 14.7. The Morgan fingerprint density at radius 2 is 1.60 bits per heavy atom. The summed E-state index contributed by atoms with van der Waals surface area (Å²) in [7, 11) is 3.38. The molecule has 0 aliphatic carbocycles. The fourth-order valence-electron chi connectivity index (χ4n) is 9.91. The van der Waals surface area contributed by atoms with Crippen LogP contribution in [0.4, 0.5) is 15.9 Å². The van der Waals surface area contributed by atoms with Crippen molar-refractivity contribution in [2.75, 3.05) is 97.3 Å². The summed E-state index contributed by atoms with van der Waals surface area (Å²) in [6.07, 6.45) is 3.72. The van der Waals surface area contributed by atoms with Crippen molar-refractivity contribution in [3.05, 3.63) is 88.1 Å². The van der Waals surface area contributed by atoms with Crippen LogP contribution < -0.4 is 37.1 Å². The van der Waals surface area contributed by atoms with E-state index >= 15 is 0 Å². The molecule has 4 aromatic rings. The van der Waals surface area contributed by atoms with E-state index in [1.54, 1.807) is 38.2 Å². The largest absolute Gasteiger partial charge is 0.491 e. The maximum Gasteiger partial charge on any atom is 0.254 e. The van der Waals surface area contributed by atoms with Gasteiger partial charge in [-0.25, -0.2) is 9.37 Å². The van der Waals surface area contributed by atoms with E-state index in [1.807, 2.05) is 56.6 Å². The number of rotatable bonds is 24. The molecule has 2 bridgehead atoms. The molecule has 5 heterocycles. The van der Waals surface area contributed by atoms with Crippen LogP contribution in [-0.2, 0) is 64.2 Å². The Labute approximate surface area is 449 Å². The molecule has 3 aliphatic rings. The molecule has 21 nitrogen and oxygen atoms in total. The predicted octanol–water partition coefficient (Wildman–Crippen LogP) is 3.43. The van der Waals surface area contributed by atoms with Gasteiger partial charge in [-0.15, -0.1) is 0 Å². The molecule has 1 saturated heterocycles. The molecule has 0 saturated carbocycles. The van der Waals surface area contributed by atoms with Gasteiger partial charge >= 0.3 is 0 Å². The first-order chi connectivity index (χ1) is 36.9. The lowest BCUT2D eigenvalue weighted by atomic mass is 9.84. The molecule has 4 atom stereocenters. The number of nitrogens with two attached hydrogens (primary N) is 2. The number of primary amides is 1. The van der Waals surface area contributed by atoms with Gasteiger partial charge in [0.15, 0.2) is 0 Å². The molecule has 22 heteroatoms. The summed E-state index contributed by atoms with van der Waals surface area (Å²) in [5.41, 5.74) is 18.3. The number of ether oxygens (including phenoxy) is 5. The topological polar surface area (TPSA) is 260 Å². The van der Waals surface area contributed by atoms with Crippen molar-refractivity contribution in [1.29, 1.82) is 0 Å². The Kier molecular flexibility index (Phi) is 20.0. The summed E-state index contributed by atoms with van der Waals surface area (Å²) < 4.78 is 45.0. The van der Waals surface area contributed by atoms with E-state index < -0.39 is 35.3 Å². The number of carbonyl (C=O) groups is 5. The van der Waals surface area contributed by atoms with Crippen LogP contribution in [0.2, 0.25) is 0 Å². The maximum absolute atomic E-state index is 14.7. The molecule has 7 N–H and O–H groups in total. The van der Waals surface area contributed by atoms with Crippen molar-refractivity contribution in [3.63, 3.8) is 0 Å². The zero-order valence-corrected chi connectivity index (χ0v) is 45.5. The minimum Gasteiger partial charge on any atom is -0.491 e. The average molecular weight is 1070 g/mol. The fraction of sp³-hybridized carbons (Fsp3) is 0.545. The Morgan fingerprint density at radius 3 is 2.27 bits per heavy atom. The fourth-order valence-corrected chi connectivity index (χ4v) is 9.91. The zero-order chi connectivity index (χ0) is 55.4. The standard InChI is InChI=1S/C55H76FN11O10/c1-34(59-6)52(70)62-49(55(3,4)5)54(72)66-32-38-27-40(12-10-36(38)28-46(66)51(58)69)77-26-25-76-24-23-75-22-21-74-20-19-73-18-14-47(68)60-15-17-67-35(2)48-37-29-45(50(57)61-31-37)65-16-8-9-44(65)42-30-39(56)11-13-41(42)53(71)64(7)33-43(48)63-67/h10-13,27,29-31,34,44,46,49,59H,8-9,14-26,28,32-33H2,1-7H3,(H2,57,61)(H2,58,69)(H,60,68)(H,62,70)/t34-,44+,46-,49+/m0/s1. The number of nitrogen functional groups attached to an aromatic ring is 1. The Hall–Kier alpha value is -6.72. The first kappa shape index (κ1) is 58.0. The highest BCUT2D eigenvalue weighted by Crippen LogP contribution is 2.42. The summed E-state index contributed by atoms with van der Waals surface area (Å²) in [5, 5.41) is 13.6. The number of nitrogens with one attached hydrogen (secondary N) is 3. The summed E-state index contributed by atoms with van der Waals surface area (Å²) >= 11 is 0. The third kappa shape index (κ3) is 14.7. The van der Waals surface area contributed by atoms with E-state index in [1.165, 1.54) is 17.0 Å². The minimum atomic E-state index is -0.888. The number of hydrogen-bond donors (Lipinski definition) is 5. The van der Waals surface area contributed by atoms with Gasteiger partial charge in [-0.05, 0) is 92.2 Å².